The predicted octanol–water partition coefficient (Wildman–Crippen LogP) is 3.75. The van der Waals surface area contributed by atoms with Crippen LogP contribution in [0.25, 0.3) is 0 Å². The molecule has 3 aromatic rings. The van der Waals surface area contributed by atoms with E-state index in [2.05, 4.69) is 29.2 Å². The second-order valence-electron chi connectivity index (χ2n) is 8.93. The minimum atomic E-state index is -0.938. The third-order valence-corrected chi connectivity index (χ3v) is 7.57. The van der Waals surface area contributed by atoms with E-state index in [0.717, 1.165) is 42.3 Å². The Bertz CT molecular complexity index is 1070. The van der Waals surface area contributed by atoms with Gasteiger partial charge in [-0.1, -0.05) is 54.6 Å². The highest BCUT2D eigenvalue weighted by atomic mass is 32.1. The second kappa shape index (κ2) is 9.14. The summed E-state index contributed by atoms with van der Waals surface area (Å²) in [6.45, 7) is 3.94. The molecule has 5 nitrogen and oxygen atoms in total. The molecule has 0 bridgehead atoms. The number of benzene rings is 2. The average Bonchev–Trinajstić information content (AvgIpc) is 3.29. The topological polar surface area (TPSA) is 56.7 Å². The summed E-state index contributed by atoms with van der Waals surface area (Å²) in [4.78, 5) is 21.8. The molecular formula is C26H29N3O2S. The summed E-state index contributed by atoms with van der Waals surface area (Å²) in [6.07, 6.45) is 2.56. The number of amides is 1. The Balaban J connectivity index is 1.17. The fourth-order valence-corrected chi connectivity index (χ4v) is 5.67. The summed E-state index contributed by atoms with van der Waals surface area (Å²) < 4.78 is 0. The Morgan fingerprint density at radius 3 is 2.50 bits per heavy atom. The average molecular weight is 448 g/mol. The maximum atomic E-state index is 12.7. The van der Waals surface area contributed by atoms with E-state index < -0.39 is 5.60 Å². The summed E-state index contributed by atoms with van der Waals surface area (Å²) in [5.74, 6) is 0.127. The van der Waals surface area contributed by atoms with Crippen molar-refractivity contribution in [3.8, 4) is 0 Å². The van der Waals surface area contributed by atoms with Crippen molar-refractivity contribution >= 4 is 17.2 Å². The van der Waals surface area contributed by atoms with Crippen LogP contribution in [0.3, 0.4) is 0 Å². The Morgan fingerprint density at radius 2 is 1.72 bits per heavy atom. The standard InChI is InChI=1S/C26H29N3O2S/c30-25(16-20-6-2-1-3-7-20)29-14-11-26(31,12-15-29)23-19-32-24(27-23)18-28-13-10-21-8-4-5-9-22(21)17-28/h1-9,19,31H,10-18H2. The molecule has 32 heavy (non-hydrogen) atoms. The molecule has 6 heteroatoms. The van der Waals surface area contributed by atoms with E-state index in [-0.39, 0.29) is 5.91 Å². The molecule has 0 unspecified atom stereocenters. The van der Waals surface area contributed by atoms with Crippen molar-refractivity contribution in [2.24, 2.45) is 0 Å². The normalized spacial score (nSPS) is 18.3. The number of likely N-dealkylation sites (tertiary alicyclic amines) is 1. The number of aromatic nitrogens is 1. The van der Waals surface area contributed by atoms with E-state index in [4.69, 9.17) is 4.98 Å². The highest BCUT2D eigenvalue weighted by Gasteiger charge is 2.37. The molecule has 0 aliphatic carbocycles. The molecule has 1 aromatic heterocycles. The molecule has 166 valence electrons. The second-order valence-corrected chi connectivity index (χ2v) is 9.87. The van der Waals surface area contributed by atoms with Crippen LogP contribution in [0.4, 0.5) is 0 Å². The summed E-state index contributed by atoms with van der Waals surface area (Å²) in [5.41, 5.74) is 3.72. The number of fused-ring (bicyclic) bond motifs is 1. The molecule has 0 atom stereocenters. The molecule has 3 heterocycles. The summed E-state index contributed by atoms with van der Waals surface area (Å²) >= 11 is 1.63. The number of aliphatic hydroxyl groups is 1. The number of piperidine rings is 1. The van der Waals surface area contributed by atoms with E-state index in [9.17, 15) is 9.90 Å². The summed E-state index contributed by atoms with van der Waals surface area (Å²) in [6, 6.07) is 18.5. The van der Waals surface area contributed by atoms with E-state index in [1.54, 1.807) is 11.3 Å². The Morgan fingerprint density at radius 1 is 1.00 bits per heavy atom. The number of hydrogen-bond donors (Lipinski definition) is 1. The molecule has 1 saturated heterocycles. The number of nitrogens with zero attached hydrogens (tertiary/aromatic N) is 3. The molecule has 0 spiro atoms. The third-order valence-electron chi connectivity index (χ3n) is 6.74. The maximum Gasteiger partial charge on any atom is 0.226 e. The van der Waals surface area contributed by atoms with Crippen LogP contribution < -0.4 is 0 Å². The van der Waals surface area contributed by atoms with Crippen molar-refractivity contribution in [2.75, 3.05) is 19.6 Å². The van der Waals surface area contributed by atoms with Crippen LogP contribution in [0.5, 0.6) is 0 Å². The lowest BCUT2D eigenvalue weighted by molar-refractivity contribution is -0.135. The molecule has 2 aliphatic rings. The first-order valence-electron chi connectivity index (χ1n) is 11.4. The van der Waals surface area contributed by atoms with Gasteiger partial charge in [-0.15, -0.1) is 11.3 Å². The Labute approximate surface area is 193 Å². The highest BCUT2D eigenvalue weighted by Crippen LogP contribution is 2.34. The van der Waals surface area contributed by atoms with Crippen molar-refractivity contribution < 1.29 is 9.90 Å². The minimum absolute atomic E-state index is 0.127. The lowest BCUT2D eigenvalue weighted by Crippen LogP contribution is -2.45. The fourth-order valence-electron chi connectivity index (χ4n) is 4.74. The van der Waals surface area contributed by atoms with Gasteiger partial charge in [0.15, 0.2) is 0 Å². The van der Waals surface area contributed by atoms with E-state index in [0.29, 0.717) is 32.4 Å². The van der Waals surface area contributed by atoms with Crippen molar-refractivity contribution in [1.82, 2.24) is 14.8 Å². The SMILES string of the molecule is O=C(Cc1ccccc1)N1CCC(O)(c2csc(CN3CCc4ccccc4C3)n2)CC1. The number of carbonyl (C=O) groups is 1. The summed E-state index contributed by atoms with van der Waals surface area (Å²) in [7, 11) is 0. The zero-order valence-corrected chi connectivity index (χ0v) is 19.1. The van der Waals surface area contributed by atoms with Gasteiger partial charge >= 0.3 is 0 Å². The highest BCUT2D eigenvalue weighted by molar-refractivity contribution is 7.09. The lowest BCUT2D eigenvalue weighted by atomic mass is 9.88. The van der Waals surface area contributed by atoms with Crippen molar-refractivity contribution in [3.05, 3.63) is 87.4 Å². The van der Waals surface area contributed by atoms with Crippen molar-refractivity contribution in [3.63, 3.8) is 0 Å². The molecule has 2 aromatic carbocycles. The molecular weight excluding hydrogens is 418 g/mol. The van der Waals surface area contributed by atoms with Crippen LogP contribution in [0.2, 0.25) is 0 Å². The molecule has 1 N–H and O–H groups in total. The van der Waals surface area contributed by atoms with Gasteiger partial charge in [-0.25, -0.2) is 4.98 Å². The van der Waals surface area contributed by atoms with Crippen LogP contribution in [0, 0.1) is 0 Å². The van der Waals surface area contributed by atoms with Crippen molar-refractivity contribution in [1.29, 1.82) is 0 Å². The quantitative estimate of drug-likeness (QED) is 0.647. The monoisotopic (exact) mass is 447 g/mol. The van der Waals surface area contributed by atoms with Crippen LogP contribution in [-0.2, 0) is 36.3 Å². The molecule has 5 rings (SSSR count). The number of carbonyl (C=O) groups excluding carboxylic acids is 1. The first kappa shape index (κ1) is 21.3. The van der Waals surface area contributed by atoms with Crippen LogP contribution >= 0.6 is 11.3 Å². The van der Waals surface area contributed by atoms with Crippen LogP contribution in [0.1, 0.15) is 40.2 Å². The van der Waals surface area contributed by atoms with Gasteiger partial charge in [0, 0.05) is 31.6 Å². The van der Waals surface area contributed by atoms with Crippen LogP contribution in [0.15, 0.2) is 60.0 Å². The molecule has 0 radical (unpaired) electrons. The molecule has 1 fully saturated rings. The van der Waals surface area contributed by atoms with Gasteiger partial charge in [-0.3, -0.25) is 9.69 Å². The van der Waals surface area contributed by atoms with Gasteiger partial charge in [0.05, 0.1) is 18.7 Å². The zero-order chi connectivity index (χ0) is 22.0. The van der Waals surface area contributed by atoms with Gasteiger partial charge < -0.3 is 10.0 Å². The minimum Gasteiger partial charge on any atom is -0.383 e. The van der Waals surface area contributed by atoms with Gasteiger partial charge in [-0.2, -0.15) is 0 Å². The number of rotatable bonds is 5. The van der Waals surface area contributed by atoms with Gasteiger partial charge in [0.2, 0.25) is 5.91 Å². The zero-order valence-electron chi connectivity index (χ0n) is 18.2. The molecule has 1 amide bonds. The maximum absolute atomic E-state index is 12.7. The predicted molar refractivity (Wildman–Crippen MR) is 126 cm³/mol. The van der Waals surface area contributed by atoms with Gasteiger partial charge in [0.25, 0.3) is 0 Å². The number of thiazole rings is 1. The first-order chi connectivity index (χ1) is 15.6. The third kappa shape index (κ3) is 4.63. The molecule has 0 saturated carbocycles. The summed E-state index contributed by atoms with van der Waals surface area (Å²) in [5, 5.41) is 14.3. The van der Waals surface area contributed by atoms with E-state index in [1.807, 2.05) is 40.6 Å². The largest absolute Gasteiger partial charge is 0.383 e. The van der Waals surface area contributed by atoms with Crippen molar-refractivity contribution in [2.45, 2.75) is 44.4 Å². The van der Waals surface area contributed by atoms with Gasteiger partial charge in [0.1, 0.15) is 10.6 Å². The van der Waals surface area contributed by atoms with Crippen LogP contribution in [-0.4, -0.2) is 45.4 Å². The Hall–Kier alpha value is -2.54. The Kier molecular flexibility index (Phi) is 6.09. The first-order valence-corrected chi connectivity index (χ1v) is 12.3. The molecule has 2 aliphatic heterocycles. The number of hydrogen-bond acceptors (Lipinski definition) is 5. The van der Waals surface area contributed by atoms with E-state index >= 15 is 0 Å². The lowest BCUT2D eigenvalue weighted by Gasteiger charge is -2.37. The fraction of sp³-hybridized carbons (Fsp3) is 0.385. The smallest absolute Gasteiger partial charge is 0.226 e. The van der Waals surface area contributed by atoms with Gasteiger partial charge in [-0.05, 0) is 36.0 Å². The van der Waals surface area contributed by atoms with E-state index in [1.165, 1.54) is 11.1 Å².